The van der Waals surface area contributed by atoms with Crippen molar-refractivity contribution in [2.24, 2.45) is 0 Å². The van der Waals surface area contributed by atoms with E-state index in [1.807, 2.05) is 38.1 Å². The Balaban J connectivity index is 1.80. The van der Waals surface area contributed by atoms with E-state index < -0.39 is 0 Å². The summed E-state index contributed by atoms with van der Waals surface area (Å²) in [4.78, 5) is 12.8. The Kier molecular flexibility index (Phi) is 7.07. The molecule has 3 aromatic carbocycles. The molecule has 0 aliphatic carbocycles. The van der Waals surface area contributed by atoms with Crippen molar-refractivity contribution >= 4 is 11.6 Å². The standard InChI is InChI=1S/C25H26FNO3/c1-17(2)30-23-12-6-19(7-13-23)24(18-4-8-20(26)9-5-18)16-25(28)27-21-10-14-22(29-3)15-11-21/h4-15,17,24H,16H2,1-3H3,(H,27,28)/t24-/m0/s1. The molecule has 0 fully saturated rings. The summed E-state index contributed by atoms with van der Waals surface area (Å²) in [5, 5.41) is 2.92. The summed E-state index contributed by atoms with van der Waals surface area (Å²) < 4.78 is 24.3. The number of hydrogen-bond donors (Lipinski definition) is 1. The molecule has 4 nitrogen and oxygen atoms in total. The average Bonchev–Trinajstić information content (AvgIpc) is 2.74. The number of methoxy groups -OCH3 is 1. The first-order valence-electron chi connectivity index (χ1n) is 9.90. The molecule has 5 heteroatoms. The fourth-order valence-electron chi connectivity index (χ4n) is 3.25. The third-order valence-electron chi connectivity index (χ3n) is 4.69. The molecular formula is C25H26FNO3. The van der Waals surface area contributed by atoms with Gasteiger partial charge in [0.15, 0.2) is 0 Å². The lowest BCUT2D eigenvalue weighted by molar-refractivity contribution is -0.116. The van der Waals surface area contributed by atoms with Crippen molar-refractivity contribution in [2.45, 2.75) is 32.3 Å². The van der Waals surface area contributed by atoms with Crippen molar-refractivity contribution in [1.82, 2.24) is 0 Å². The van der Waals surface area contributed by atoms with Gasteiger partial charge in [0.25, 0.3) is 0 Å². The lowest BCUT2D eigenvalue weighted by atomic mass is 9.88. The minimum Gasteiger partial charge on any atom is -0.497 e. The van der Waals surface area contributed by atoms with E-state index in [4.69, 9.17) is 9.47 Å². The zero-order valence-corrected chi connectivity index (χ0v) is 17.4. The Hall–Kier alpha value is -3.34. The molecule has 3 aromatic rings. The van der Waals surface area contributed by atoms with E-state index in [-0.39, 0.29) is 30.2 Å². The summed E-state index contributed by atoms with van der Waals surface area (Å²) in [5.74, 6) is 0.852. The number of rotatable bonds is 8. The molecule has 0 unspecified atom stereocenters. The second kappa shape index (κ2) is 9.92. The highest BCUT2D eigenvalue weighted by molar-refractivity contribution is 5.91. The first-order valence-corrected chi connectivity index (χ1v) is 9.90. The number of ether oxygens (including phenoxy) is 2. The summed E-state index contributed by atoms with van der Waals surface area (Å²) in [6.07, 6.45) is 0.307. The molecule has 3 rings (SSSR count). The first kappa shape index (κ1) is 21.4. The van der Waals surface area contributed by atoms with Crippen LogP contribution in [0.3, 0.4) is 0 Å². The van der Waals surface area contributed by atoms with Crippen LogP contribution in [0.2, 0.25) is 0 Å². The van der Waals surface area contributed by atoms with Crippen molar-refractivity contribution < 1.29 is 18.7 Å². The van der Waals surface area contributed by atoms with E-state index in [2.05, 4.69) is 5.32 Å². The predicted octanol–water partition coefficient (Wildman–Crippen LogP) is 5.78. The maximum absolute atomic E-state index is 13.4. The lowest BCUT2D eigenvalue weighted by Crippen LogP contribution is -2.16. The maximum Gasteiger partial charge on any atom is 0.225 e. The summed E-state index contributed by atoms with van der Waals surface area (Å²) in [5.41, 5.74) is 2.53. The zero-order valence-electron chi connectivity index (χ0n) is 17.4. The Labute approximate surface area is 176 Å². The highest BCUT2D eigenvalue weighted by Crippen LogP contribution is 2.30. The average molecular weight is 407 g/mol. The summed E-state index contributed by atoms with van der Waals surface area (Å²) in [6, 6.07) is 21.1. The zero-order chi connectivity index (χ0) is 21.5. The highest BCUT2D eigenvalue weighted by atomic mass is 19.1. The molecular weight excluding hydrogens is 381 g/mol. The first-order chi connectivity index (χ1) is 14.4. The molecule has 0 saturated heterocycles. The van der Waals surface area contributed by atoms with Gasteiger partial charge in [-0.2, -0.15) is 0 Å². The number of carbonyl (C=O) groups is 1. The molecule has 0 radical (unpaired) electrons. The van der Waals surface area contributed by atoms with Gasteiger partial charge in [0.2, 0.25) is 5.91 Å². The Morgan fingerprint density at radius 2 is 1.40 bits per heavy atom. The van der Waals surface area contributed by atoms with Gasteiger partial charge in [0.05, 0.1) is 13.2 Å². The van der Waals surface area contributed by atoms with Gasteiger partial charge in [0, 0.05) is 18.0 Å². The molecule has 1 N–H and O–H groups in total. The molecule has 0 aromatic heterocycles. The second-order valence-electron chi connectivity index (χ2n) is 7.32. The summed E-state index contributed by atoms with van der Waals surface area (Å²) >= 11 is 0. The number of benzene rings is 3. The number of carbonyl (C=O) groups excluding carboxylic acids is 1. The number of anilines is 1. The molecule has 156 valence electrons. The van der Waals surface area contributed by atoms with Crippen molar-refractivity contribution in [3.05, 3.63) is 89.7 Å². The van der Waals surface area contributed by atoms with Crippen LogP contribution in [0, 0.1) is 5.82 Å². The number of amides is 1. The molecule has 0 heterocycles. The number of nitrogens with one attached hydrogen (secondary N) is 1. The van der Waals surface area contributed by atoms with Crippen molar-refractivity contribution in [3.8, 4) is 11.5 Å². The Morgan fingerprint density at radius 3 is 1.93 bits per heavy atom. The molecule has 30 heavy (non-hydrogen) atoms. The normalized spacial score (nSPS) is 11.8. The van der Waals surface area contributed by atoms with Gasteiger partial charge in [0.1, 0.15) is 17.3 Å². The van der Waals surface area contributed by atoms with Gasteiger partial charge < -0.3 is 14.8 Å². The lowest BCUT2D eigenvalue weighted by Gasteiger charge is -2.19. The van der Waals surface area contributed by atoms with Gasteiger partial charge in [-0.05, 0) is 73.5 Å². The number of hydrogen-bond acceptors (Lipinski definition) is 3. The van der Waals surface area contributed by atoms with Crippen LogP contribution >= 0.6 is 0 Å². The molecule has 0 aliphatic heterocycles. The third kappa shape index (κ3) is 5.83. The van der Waals surface area contributed by atoms with E-state index >= 15 is 0 Å². The van der Waals surface area contributed by atoms with Gasteiger partial charge >= 0.3 is 0 Å². The minimum atomic E-state index is -0.305. The van der Waals surface area contributed by atoms with E-state index in [0.29, 0.717) is 5.69 Å². The molecule has 1 amide bonds. The van der Waals surface area contributed by atoms with Gasteiger partial charge in [-0.3, -0.25) is 4.79 Å². The van der Waals surface area contributed by atoms with Gasteiger partial charge in [-0.25, -0.2) is 4.39 Å². The van der Waals surface area contributed by atoms with Crippen LogP contribution in [-0.4, -0.2) is 19.1 Å². The van der Waals surface area contributed by atoms with Gasteiger partial charge in [-0.15, -0.1) is 0 Å². The van der Waals surface area contributed by atoms with E-state index in [1.54, 1.807) is 43.5 Å². The van der Waals surface area contributed by atoms with E-state index in [9.17, 15) is 9.18 Å². The van der Waals surface area contributed by atoms with E-state index in [1.165, 1.54) is 12.1 Å². The molecule has 0 spiro atoms. The van der Waals surface area contributed by atoms with Crippen LogP contribution in [-0.2, 0) is 4.79 Å². The van der Waals surface area contributed by atoms with Crippen molar-refractivity contribution in [2.75, 3.05) is 12.4 Å². The second-order valence-corrected chi connectivity index (χ2v) is 7.32. The molecule has 0 saturated carbocycles. The maximum atomic E-state index is 13.4. The fourth-order valence-corrected chi connectivity index (χ4v) is 3.25. The Bertz CT molecular complexity index is 951. The van der Waals surface area contributed by atoms with Crippen LogP contribution < -0.4 is 14.8 Å². The molecule has 1 atom stereocenters. The van der Waals surface area contributed by atoms with Crippen LogP contribution in [0.4, 0.5) is 10.1 Å². The fraction of sp³-hybridized carbons (Fsp3) is 0.240. The summed E-state index contributed by atoms with van der Waals surface area (Å²) in [7, 11) is 1.60. The monoisotopic (exact) mass is 407 g/mol. The summed E-state index contributed by atoms with van der Waals surface area (Å²) in [6.45, 7) is 3.94. The van der Waals surface area contributed by atoms with Gasteiger partial charge in [-0.1, -0.05) is 24.3 Å². The largest absolute Gasteiger partial charge is 0.497 e. The molecule has 0 bridgehead atoms. The Morgan fingerprint density at radius 1 is 0.867 bits per heavy atom. The minimum absolute atomic E-state index is 0.0824. The smallest absolute Gasteiger partial charge is 0.225 e. The van der Waals surface area contributed by atoms with Crippen LogP contribution in [0.5, 0.6) is 11.5 Å². The van der Waals surface area contributed by atoms with Crippen molar-refractivity contribution in [3.63, 3.8) is 0 Å². The number of halogens is 1. The molecule has 0 aliphatic rings. The highest BCUT2D eigenvalue weighted by Gasteiger charge is 2.19. The van der Waals surface area contributed by atoms with Crippen molar-refractivity contribution in [1.29, 1.82) is 0 Å². The SMILES string of the molecule is COc1ccc(NC(=O)C[C@@H](c2ccc(F)cc2)c2ccc(OC(C)C)cc2)cc1. The quantitative estimate of drug-likeness (QED) is 0.515. The van der Waals surface area contributed by atoms with Crippen LogP contribution in [0.15, 0.2) is 72.8 Å². The third-order valence-corrected chi connectivity index (χ3v) is 4.69. The van der Waals surface area contributed by atoms with E-state index in [0.717, 1.165) is 22.6 Å². The van der Waals surface area contributed by atoms with Crippen LogP contribution in [0.1, 0.15) is 37.3 Å². The predicted molar refractivity (Wildman–Crippen MR) is 117 cm³/mol. The van der Waals surface area contributed by atoms with Crippen LogP contribution in [0.25, 0.3) is 0 Å². The topological polar surface area (TPSA) is 47.6 Å².